The van der Waals surface area contributed by atoms with E-state index in [1.165, 1.54) is 0 Å². The summed E-state index contributed by atoms with van der Waals surface area (Å²) in [5.74, 6) is -0.0854. The van der Waals surface area contributed by atoms with Crippen LogP contribution >= 0.6 is 0 Å². The summed E-state index contributed by atoms with van der Waals surface area (Å²) < 4.78 is 52.0. The van der Waals surface area contributed by atoms with E-state index < -0.39 is 17.8 Å². The molecule has 0 spiro atoms. The first-order valence-corrected chi connectivity index (χ1v) is 9.89. The highest BCUT2D eigenvalue weighted by molar-refractivity contribution is 5.62. The van der Waals surface area contributed by atoms with Gasteiger partial charge in [0.15, 0.2) is 11.5 Å². The number of alkyl halides is 3. The zero-order valence-corrected chi connectivity index (χ0v) is 17.1. The number of hydrogen-bond acceptors (Lipinski definition) is 10. The molecule has 0 unspecified atom stereocenters. The number of nitrogens with zero attached hydrogens (tertiary/aromatic N) is 7. The fraction of sp³-hybridized carbons (Fsp3) is 0.611. The molecular formula is C18H23F3N8O2. The van der Waals surface area contributed by atoms with Gasteiger partial charge in [-0.25, -0.2) is 9.97 Å². The lowest BCUT2D eigenvalue weighted by atomic mass is 10.2. The Balaban J connectivity index is 1.86. The molecule has 2 aliphatic heterocycles. The molecule has 0 aromatic carbocycles. The smallest absolute Gasteiger partial charge is 0.378 e. The molecule has 0 amide bonds. The van der Waals surface area contributed by atoms with E-state index >= 15 is 0 Å². The Labute approximate surface area is 176 Å². The van der Waals surface area contributed by atoms with E-state index in [0.29, 0.717) is 39.5 Å². The maximum Gasteiger partial charge on any atom is 0.434 e. The minimum absolute atomic E-state index is 0.0682. The average molecular weight is 440 g/mol. The molecule has 4 rings (SSSR count). The first kappa shape index (κ1) is 21.4. The predicted molar refractivity (Wildman–Crippen MR) is 106 cm³/mol. The van der Waals surface area contributed by atoms with Gasteiger partial charge in [0.25, 0.3) is 0 Å². The third-order valence-corrected chi connectivity index (χ3v) is 5.12. The monoisotopic (exact) mass is 440 g/mol. The molecule has 2 atom stereocenters. The molecule has 4 heterocycles. The van der Waals surface area contributed by atoms with Gasteiger partial charge >= 0.3 is 6.18 Å². The molecule has 31 heavy (non-hydrogen) atoms. The van der Waals surface area contributed by atoms with Crippen LogP contribution < -0.4 is 15.5 Å². The van der Waals surface area contributed by atoms with Crippen LogP contribution in [0.25, 0.3) is 11.4 Å². The molecule has 2 aliphatic rings. The summed E-state index contributed by atoms with van der Waals surface area (Å²) in [5.41, 5.74) is 3.87. The van der Waals surface area contributed by atoms with Crippen molar-refractivity contribution >= 4 is 17.8 Å². The minimum Gasteiger partial charge on any atom is -0.378 e. The van der Waals surface area contributed by atoms with Crippen LogP contribution in [-0.2, 0) is 15.7 Å². The zero-order chi connectivity index (χ0) is 22.2. The van der Waals surface area contributed by atoms with E-state index in [9.17, 15) is 13.2 Å². The Morgan fingerprint density at radius 3 is 2.26 bits per heavy atom. The summed E-state index contributed by atoms with van der Waals surface area (Å²) in [5, 5.41) is 0. The van der Waals surface area contributed by atoms with Crippen LogP contribution in [0.1, 0.15) is 19.5 Å². The summed E-state index contributed by atoms with van der Waals surface area (Å²) in [4.78, 5) is 24.3. The maximum absolute atomic E-state index is 13.7. The molecule has 0 saturated carbocycles. The van der Waals surface area contributed by atoms with Gasteiger partial charge < -0.3 is 25.0 Å². The number of rotatable bonds is 3. The molecule has 0 radical (unpaired) electrons. The van der Waals surface area contributed by atoms with Gasteiger partial charge in [-0.15, -0.1) is 0 Å². The van der Waals surface area contributed by atoms with Crippen molar-refractivity contribution in [2.24, 2.45) is 0 Å². The number of anilines is 3. The van der Waals surface area contributed by atoms with Gasteiger partial charge in [-0.1, -0.05) is 0 Å². The van der Waals surface area contributed by atoms with E-state index in [-0.39, 0.29) is 35.4 Å². The van der Waals surface area contributed by atoms with Crippen molar-refractivity contribution in [2.45, 2.75) is 32.1 Å². The molecule has 168 valence electrons. The van der Waals surface area contributed by atoms with Gasteiger partial charge in [0, 0.05) is 19.3 Å². The number of morpholine rings is 2. The zero-order valence-electron chi connectivity index (χ0n) is 17.1. The number of nitrogens with two attached hydrogens (primary N) is 1. The third-order valence-electron chi connectivity index (χ3n) is 5.12. The highest BCUT2D eigenvalue weighted by Crippen LogP contribution is 2.35. The number of halogens is 3. The number of ether oxygens (including phenoxy) is 2. The number of aromatic nitrogens is 5. The Morgan fingerprint density at radius 1 is 0.968 bits per heavy atom. The van der Waals surface area contributed by atoms with Crippen molar-refractivity contribution in [3.05, 3.63) is 11.9 Å². The van der Waals surface area contributed by atoms with Crippen molar-refractivity contribution in [3.8, 4) is 11.4 Å². The van der Waals surface area contributed by atoms with E-state index in [1.807, 2.05) is 23.6 Å². The van der Waals surface area contributed by atoms with Crippen molar-refractivity contribution in [3.63, 3.8) is 0 Å². The second-order valence-electron chi connectivity index (χ2n) is 7.49. The summed E-state index contributed by atoms with van der Waals surface area (Å²) in [6.45, 7) is 6.78. The second kappa shape index (κ2) is 8.38. The molecule has 2 N–H and O–H groups in total. The highest BCUT2D eigenvalue weighted by atomic mass is 19.4. The van der Waals surface area contributed by atoms with E-state index in [0.717, 1.165) is 6.20 Å². The molecule has 2 aromatic rings. The van der Waals surface area contributed by atoms with Gasteiger partial charge in [-0.2, -0.15) is 28.1 Å². The minimum atomic E-state index is -4.75. The highest BCUT2D eigenvalue weighted by Gasteiger charge is 2.38. The average Bonchev–Trinajstić information content (AvgIpc) is 2.73. The van der Waals surface area contributed by atoms with Crippen LogP contribution in [0.3, 0.4) is 0 Å². The lowest BCUT2D eigenvalue weighted by Gasteiger charge is -2.39. The van der Waals surface area contributed by atoms with Crippen molar-refractivity contribution in [1.82, 2.24) is 24.9 Å². The predicted octanol–water partition coefficient (Wildman–Crippen LogP) is 1.38. The fourth-order valence-corrected chi connectivity index (χ4v) is 3.67. The Kier molecular flexibility index (Phi) is 5.79. The summed E-state index contributed by atoms with van der Waals surface area (Å²) in [7, 11) is 0. The SMILES string of the molecule is C[C@@H]1COC[C@H](C)N1c1nc(-c2cnc(N)nc2C(F)(F)F)nc(N2CCOCC2)n1. The van der Waals surface area contributed by atoms with Crippen LogP contribution in [0.2, 0.25) is 0 Å². The standard InChI is InChI=1S/C18H23F3N8O2/c1-10-8-31-9-11(2)29(10)17-26-14(25-16(27-17)28-3-5-30-6-4-28)12-7-23-15(22)24-13(12)18(19,20)21/h7,10-11H,3-6,8-9H2,1-2H3,(H2,22,23,24)/t10-,11+. The number of nitrogen functional groups attached to an aromatic ring is 1. The molecule has 10 nitrogen and oxygen atoms in total. The van der Waals surface area contributed by atoms with Crippen molar-refractivity contribution in [2.75, 3.05) is 55.1 Å². The second-order valence-corrected chi connectivity index (χ2v) is 7.49. The Hall–Kier alpha value is -2.80. The van der Waals surface area contributed by atoms with Crippen LogP contribution in [0.15, 0.2) is 6.20 Å². The first-order valence-electron chi connectivity index (χ1n) is 9.89. The van der Waals surface area contributed by atoms with Gasteiger partial charge in [-0.3, -0.25) is 0 Å². The van der Waals surface area contributed by atoms with Crippen molar-refractivity contribution in [1.29, 1.82) is 0 Å². The van der Waals surface area contributed by atoms with Crippen LogP contribution in [0, 0.1) is 0 Å². The lowest BCUT2D eigenvalue weighted by Crippen LogP contribution is -2.50. The summed E-state index contributed by atoms with van der Waals surface area (Å²) in [6, 6.07) is -0.136. The van der Waals surface area contributed by atoms with Crippen LogP contribution in [0.5, 0.6) is 0 Å². The molecule has 13 heteroatoms. The van der Waals surface area contributed by atoms with E-state index in [2.05, 4.69) is 24.9 Å². The normalized spacial score (nSPS) is 22.6. The Morgan fingerprint density at radius 2 is 1.61 bits per heavy atom. The molecular weight excluding hydrogens is 417 g/mol. The summed E-state index contributed by atoms with van der Waals surface area (Å²) in [6.07, 6.45) is -3.75. The third kappa shape index (κ3) is 4.46. The lowest BCUT2D eigenvalue weighted by molar-refractivity contribution is -0.140. The fourth-order valence-electron chi connectivity index (χ4n) is 3.67. The van der Waals surface area contributed by atoms with E-state index in [4.69, 9.17) is 15.2 Å². The summed E-state index contributed by atoms with van der Waals surface area (Å²) >= 11 is 0. The van der Waals surface area contributed by atoms with E-state index in [1.54, 1.807) is 0 Å². The largest absolute Gasteiger partial charge is 0.434 e. The molecule has 0 aliphatic carbocycles. The van der Waals surface area contributed by atoms with Crippen LogP contribution in [0.4, 0.5) is 31.0 Å². The van der Waals surface area contributed by atoms with Gasteiger partial charge in [0.05, 0.1) is 44.1 Å². The number of hydrogen-bond donors (Lipinski definition) is 1. The molecule has 2 fully saturated rings. The van der Waals surface area contributed by atoms with Gasteiger partial charge in [0.1, 0.15) is 0 Å². The van der Waals surface area contributed by atoms with Gasteiger partial charge in [-0.05, 0) is 13.8 Å². The maximum atomic E-state index is 13.7. The topological polar surface area (TPSA) is 115 Å². The Bertz CT molecular complexity index is 929. The van der Waals surface area contributed by atoms with Gasteiger partial charge in [0.2, 0.25) is 17.8 Å². The first-order chi connectivity index (χ1) is 14.7. The molecule has 0 bridgehead atoms. The van der Waals surface area contributed by atoms with Crippen LogP contribution in [-0.4, -0.2) is 76.5 Å². The molecule has 2 aromatic heterocycles. The van der Waals surface area contributed by atoms with Crippen molar-refractivity contribution < 1.29 is 22.6 Å². The quantitative estimate of drug-likeness (QED) is 0.750. The molecule has 2 saturated heterocycles.